The normalized spacial score (nSPS) is 20.3. The average molecular weight is 346 g/mol. The number of aromatic hydroxyl groups is 1. The summed E-state index contributed by atoms with van der Waals surface area (Å²) in [6.07, 6.45) is 5.88. The molecule has 2 aromatic rings. The van der Waals surface area contributed by atoms with Crippen LogP contribution in [-0.4, -0.2) is 18.6 Å². The molecule has 0 atom stereocenters. The highest BCUT2D eigenvalue weighted by Crippen LogP contribution is 2.39. The van der Waals surface area contributed by atoms with Crippen molar-refractivity contribution in [2.24, 2.45) is 0 Å². The summed E-state index contributed by atoms with van der Waals surface area (Å²) in [5.41, 5.74) is 1.36. The van der Waals surface area contributed by atoms with Crippen LogP contribution in [0.4, 0.5) is 5.69 Å². The molecule has 6 nitrogen and oxygen atoms in total. The number of hydrogen-bond acceptors (Lipinski definition) is 4. The van der Waals surface area contributed by atoms with Crippen molar-refractivity contribution in [2.45, 2.75) is 31.6 Å². The van der Waals surface area contributed by atoms with Crippen molar-refractivity contribution in [1.29, 1.82) is 0 Å². The number of rotatable bonds is 2. The van der Waals surface area contributed by atoms with Gasteiger partial charge >= 0.3 is 10.2 Å². The van der Waals surface area contributed by atoms with Crippen LogP contribution < -0.4 is 9.03 Å². The average Bonchev–Trinajstić information content (AvgIpc) is 3.13. The zero-order chi connectivity index (χ0) is 16.9. The lowest BCUT2D eigenvalue weighted by Gasteiger charge is -2.17. The Morgan fingerprint density at radius 1 is 1.04 bits per heavy atom. The number of phenols is 1. The molecule has 0 bridgehead atoms. The second-order valence-corrected chi connectivity index (χ2v) is 7.89. The molecule has 0 aromatic heterocycles. The molecule has 1 aliphatic heterocycles. The number of anilines is 1. The smallest absolute Gasteiger partial charge is 0.330 e. The van der Waals surface area contributed by atoms with Crippen LogP contribution in [0.5, 0.6) is 5.75 Å². The first-order chi connectivity index (χ1) is 11.4. The van der Waals surface area contributed by atoms with Gasteiger partial charge in [-0.3, -0.25) is 0 Å². The third-order valence-corrected chi connectivity index (χ3v) is 6.04. The van der Waals surface area contributed by atoms with Gasteiger partial charge in [0.1, 0.15) is 11.4 Å². The molecule has 1 heterocycles. The van der Waals surface area contributed by atoms with Gasteiger partial charge < -0.3 is 10.2 Å². The summed E-state index contributed by atoms with van der Waals surface area (Å²) in [7, 11) is -3.93. The first kappa shape index (κ1) is 15.1. The van der Waals surface area contributed by atoms with E-state index in [0.29, 0.717) is 5.92 Å². The molecule has 1 aliphatic carbocycles. The van der Waals surface area contributed by atoms with Gasteiger partial charge in [-0.1, -0.05) is 31.0 Å². The molecule has 0 amide bonds. The lowest BCUT2D eigenvalue weighted by atomic mass is 9.95. The second kappa shape index (κ2) is 5.31. The molecule has 0 spiro atoms. The van der Waals surface area contributed by atoms with E-state index in [1.165, 1.54) is 31.2 Å². The zero-order valence-electron chi connectivity index (χ0n) is 12.9. The molecule has 0 unspecified atom stereocenters. The fourth-order valence-corrected chi connectivity index (χ4v) is 4.63. The SMILES string of the molecule is O=S1(=O)NC(O)=CN1c1cc2cc(C3CCCC3)ccc2cc1O. The van der Waals surface area contributed by atoms with E-state index in [9.17, 15) is 18.6 Å². The van der Waals surface area contributed by atoms with Gasteiger partial charge in [0, 0.05) is 0 Å². The highest BCUT2D eigenvalue weighted by molar-refractivity contribution is 7.91. The molecule has 2 aliphatic rings. The van der Waals surface area contributed by atoms with Crippen LogP contribution >= 0.6 is 0 Å². The van der Waals surface area contributed by atoms with Crippen LogP contribution in [0.2, 0.25) is 0 Å². The van der Waals surface area contributed by atoms with Gasteiger partial charge in [0.2, 0.25) is 5.88 Å². The maximum Gasteiger partial charge on any atom is 0.330 e. The third-order valence-electron chi connectivity index (χ3n) is 4.75. The summed E-state index contributed by atoms with van der Waals surface area (Å²) in [5, 5.41) is 21.4. The quantitative estimate of drug-likeness (QED) is 0.779. The topological polar surface area (TPSA) is 89.9 Å². The molecule has 1 fully saturated rings. The number of phenolic OH excluding ortho intramolecular Hbond substituents is 1. The van der Waals surface area contributed by atoms with Gasteiger partial charge in [0.15, 0.2) is 0 Å². The summed E-state index contributed by atoms with van der Waals surface area (Å²) in [6.45, 7) is 0. The lowest BCUT2D eigenvalue weighted by Crippen LogP contribution is -2.29. The van der Waals surface area contributed by atoms with E-state index in [4.69, 9.17) is 0 Å². The van der Waals surface area contributed by atoms with E-state index in [-0.39, 0.29) is 11.4 Å². The van der Waals surface area contributed by atoms with E-state index >= 15 is 0 Å². The predicted octanol–water partition coefficient (Wildman–Crippen LogP) is 3.21. The molecule has 126 valence electrons. The number of nitrogens with zero attached hydrogens (tertiary/aromatic N) is 1. The van der Waals surface area contributed by atoms with Gasteiger partial charge in [0.05, 0.1) is 6.20 Å². The fraction of sp³-hybridized carbons (Fsp3) is 0.294. The van der Waals surface area contributed by atoms with Crippen LogP contribution in [0.3, 0.4) is 0 Å². The Bertz CT molecular complexity index is 946. The minimum atomic E-state index is -3.93. The van der Waals surface area contributed by atoms with Crippen molar-refractivity contribution in [3.63, 3.8) is 0 Å². The lowest BCUT2D eigenvalue weighted by molar-refractivity contribution is 0.392. The zero-order valence-corrected chi connectivity index (χ0v) is 13.8. The number of nitrogens with one attached hydrogen (secondary N) is 1. The number of benzene rings is 2. The molecular weight excluding hydrogens is 328 g/mol. The highest BCUT2D eigenvalue weighted by atomic mass is 32.2. The maximum absolute atomic E-state index is 12.0. The monoisotopic (exact) mass is 346 g/mol. The van der Waals surface area contributed by atoms with Crippen LogP contribution in [0.25, 0.3) is 10.8 Å². The van der Waals surface area contributed by atoms with Crippen molar-refractivity contribution in [3.05, 3.63) is 48.0 Å². The maximum atomic E-state index is 12.0. The van der Waals surface area contributed by atoms with Crippen molar-refractivity contribution in [3.8, 4) is 5.75 Å². The summed E-state index contributed by atoms with van der Waals surface area (Å²) in [5.74, 6) is -0.0885. The molecule has 1 saturated carbocycles. The first-order valence-electron chi connectivity index (χ1n) is 7.94. The van der Waals surface area contributed by atoms with Gasteiger partial charge in [-0.05, 0) is 47.2 Å². The second-order valence-electron chi connectivity index (χ2n) is 6.35. The van der Waals surface area contributed by atoms with Gasteiger partial charge in [-0.25, -0.2) is 9.03 Å². The van der Waals surface area contributed by atoms with Crippen LogP contribution in [0.1, 0.15) is 37.2 Å². The molecule has 3 N–H and O–H groups in total. The Morgan fingerprint density at radius 2 is 1.79 bits per heavy atom. The van der Waals surface area contributed by atoms with E-state index in [2.05, 4.69) is 12.1 Å². The Balaban J connectivity index is 1.83. The summed E-state index contributed by atoms with van der Waals surface area (Å²) in [4.78, 5) is 0. The highest BCUT2D eigenvalue weighted by Gasteiger charge is 2.30. The van der Waals surface area contributed by atoms with E-state index in [0.717, 1.165) is 21.3 Å². The van der Waals surface area contributed by atoms with Crippen LogP contribution in [0.15, 0.2) is 42.4 Å². The largest absolute Gasteiger partial charge is 0.506 e. The molecule has 0 saturated heterocycles. The number of fused-ring (bicyclic) bond motifs is 1. The van der Waals surface area contributed by atoms with Crippen LogP contribution in [-0.2, 0) is 10.2 Å². The number of hydrogen-bond donors (Lipinski definition) is 3. The fourth-order valence-electron chi connectivity index (χ4n) is 3.57. The molecule has 7 heteroatoms. The minimum absolute atomic E-state index is 0.114. The Labute approximate surface area is 140 Å². The Morgan fingerprint density at radius 3 is 2.46 bits per heavy atom. The van der Waals surface area contributed by atoms with Gasteiger partial charge in [0.25, 0.3) is 0 Å². The number of aliphatic hydroxyl groups excluding tert-OH is 1. The van der Waals surface area contributed by atoms with E-state index < -0.39 is 16.1 Å². The Kier molecular flexibility index (Phi) is 3.35. The molecular formula is C17H18N2O4S. The molecule has 0 radical (unpaired) electrons. The van der Waals surface area contributed by atoms with Crippen molar-refractivity contribution in [2.75, 3.05) is 4.31 Å². The van der Waals surface area contributed by atoms with Gasteiger partial charge in [-0.15, -0.1) is 0 Å². The standard InChI is InChI=1S/C17H18N2O4S/c20-16-9-13-6-5-12(11-3-1-2-4-11)7-14(13)8-15(16)19-10-17(21)18-24(19,22)23/h5-11,18,20-21H,1-4H2. The summed E-state index contributed by atoms with van der Waals surface area (Å²) < 4.78 is 26.9. The summed E-state index contributed by atoms with van der Waals surface area (Å²) in [6, 6.07) is 9.28. The minimum Gasteiger partial charge on any atom is -0.506 e. The molecule has 24 heavy (non-hydrogen) atoms. The van der Waals surface area contributed by atoms with Crippen LogP contribution in [0, 0.1) is 0 Å². The predicted molar refractivity (Wildman–Crippen MR) is 92.1 cm³/mol. The molecule has 4 rings (SSSR count). The van der Waals surface area contributed by atoms with Crippen molar-refractivity contribution in [1.82, 2.24) is 4.72 Å². The first-order valence-corrected chi connectivity index (χ1v) is 9.38. The van der Waals surface area contributed by atoms with Crippen molar-refractivity contribution < 1.29 is 18.6 Å². The van der Waals surface area contributed by atoms with E-state index in [1.807, 2.05) is 10.8 Å². The summed E-state index contributed by atoms with van der Waals surface area (Å²) >= 11 is 0. The van der Waals surface area contributed by atoms with Gasteiger partial charge in [-0.2, -0.15) is 8.42 Å². The van der Waals surface area contributed by atoms with Crippen molar-refractivity contribution >= 4 is 26.7 Å². The number of aliphatic hydroxyl groups is 1. The van der Waals surface area contributed by atoms with E-state index in [1.54, 1.807) is 12.1 Å². The molecule has 2 aromatic carbocycles. The Hall–Kier alpha value is -2.41. The third kappa shape index (κ3) is 2.45.